The Hall–Kier alpha value is -1.60. The first-order valence-corrected chi connectivity index (χ1v) is 4.23. The number of hydrogen-bond acceptors (Lipinski definition) is 3. The molecular weight excluding hydrogens is 185 g/mol. The molecule has 1 aromatic carbocycles. The normalized spacial score (nSPS) is 15.7. The Morgan fingerprint density at radius 1 is 1.50 bits per heavy atom. The van der Waals surface area contributed by atoms with Crippen LogP contribution in [0.25, 0.3) is 0 Å². The van der Waals surface area contributed by atoms with E-state index in [0.717, 1.165) is 6.07 Å². The monoisotopic (exact) mass is 193 g/mol. The lowest BCUT2D eigenvalue weighted by Gasteiger charge is -2.26. The first kappa shape index (κ1) is 8.97. The van der Waals surface area contributed by atoms with Crippen LogP contribution < -0.4 is 4.74 Å². The third-order valence-corrected chi connectivity index (χ3v) is 1.96. The molecule has 4 heteroatoms. The number of nitriles is 1. The predicted octanol–water partition coefficient (Wildman–Crippen LogP) is 1.47. The van der Waals surface area contributed by atoms with Crippen molar-refractivity contribution in [2.24, 2.45) is 0 Å². The van der Waals surface area contributed by atoms with E-state index in [4.69, 9.17) is 14.7 Å². The van der Waals surface area contributed by atoms with Crippen LogP contribution in [0.3, 0.4) is 0 Å². The SMILES string of the molecule is N#Cc1cc(F)ccc1OC1COC1. The highest BCUT2D eigenvalue weighted by atomic mass is 19.1. The van der Waals surface area contributed by atoms with E-state index in [1.807, 2.05) is 6.07 Å². The van der Waals surface area contributed by atoms with E-state index in [2.05, 4.69) is 0 Å². The molecule has 0 aromatic heterocycles. The summed E-state index contributed by atoms with van der Waals surface area (Å²) in [6.45, 7) is 1.06. The Kier molecular flexibility index (Phi) is 2.33. The molecule has 3 nitrogen and oxygen atoms in total. The lowest BCUT2D eigenvalue weighted by Crippen LogP contribution is -2.38. The van der Waals surface area contributed by atoms with Crippen LogP contribution in [-0.4, -0.2) is 19.3 Å². The first-order chi connectivity index (χ1) is 6.79. The molecule has 0 radical (unpaired) electrons. The van der Waals surface area contributed by atoms with E-state index in [1.165, 1.54) is 12.1 Å². The van der Waals surface area contributed by atoms with Crippen LogP contribution in [0, 0.1) is 17.1 Å². The maximum Gasteiger partial charge on any atom is 0.145 e. The summed E-state index contributed by atoms with van der Waals surface area (Å²) in [6, 6.07) is 5.78. The Bertz CT molecular complexity index is 382. The van der Waals surface area contributed by atoms with Gasteiger partial charge in [-0.2, -0.15) is 5.26 Å². The molecule has 14 heavy (non-hydrogen) atoms. The minimum atomic E-state index is -0.432. The molecule has 0 bridgehead atoms. The molecule has 1 saturated heterocycles. The molecule has 1 fully saturated rings. The van der Waals surface area contributed by atoms with Crippen molar-refractivity contribution in [1.82, 2.24) is 0 Å². The van der Waals surface area contributed by atoms with Crippen LogP contribution in [0.4, 0.5) is 4.39 Å². The first-order valence-electron chi connectivity index (χ1n) is 4.23. The highest BCUT2D eigenvalue weighted by Gasteiger charge is 2.21. The van der Waals surface area contributed by atoms with Gasteiger partial charge >= 0.3 is 0 Å². The van der Waals surface area contributed by atoms with Crippen LogP contribution in [0.5, 0.6) is 5.75 Å². The van der Waals surface area contributed by atoms with Crippen LogP contribution in [-0.2, 0) is 4.74 Å². The van der Waals surface area contributed by atoms with E-state index in [1.54, 1.807) is 0 Å². The topological polar surface area (TPSA) is 42.2 Å². The molecule has 0 aliphatic carbocycles. The Balaban J connectivity index is 2.19. The van der Waals surface area contributed by atoms with E-state index in [0.29, 0.717) is 19.0 Å². The zero-order valence-electron chi connectivity index (χ0n) is 7.37. The third kappa shape index (κ3) is 1.68. The average Bonchev–Trinajstić information content (AvgIpc) is 2.13. The summed E-state index contributed by atoms with van der Waals surface area (Å²) in [7, 11) is 0. The van der Waals surface area contributed by atoms with Gasteiger partial charge in [0.1, 0.15) is 23.7 Å². The minimum Gasteiger partial charge on any atom is -0.484 e. The van der Waals surface area contributed by atoms with Crippen molar-refractivity contribution in [3.63, 3.8) is 0 Å². The van der Waals surface area contributed by atoms with Crippen molar-refractivity contribution in [3.05, 3.63) is 29.6 Å². The van der Waals surface area contributed by atoms with Gasteiger partial charge in [0.15, 0.2) is 0 Å². The van der Waals surface area contributed by atoms with Crippen molar-refractivity contribution < 1.29 is 13.9 Å². The van der Waals surface area contributed by atoms with Gasteiger partial charge in [0.05, 0.1) is 18.8 Å². The van der Waals surface area contributed by atoms with E-state index < -0.39 is 5.82 Å². The molecule has 72 valence electrons. The fourth-order valence-electron chi connectivity index (χ4n) is 1.15. The molecule has 0 amide bonds. The zero-order chi connectivity index (χ0) is 9.97. The van der Waals surface area contributed by atoms with Crippen LogP contribution >= 0.6 is 0 Å². The van der Waals surface area contributed by atoms with Gasteiger partial charge in [-0.15, -0.1) is 0 Å². The summed E-state index contributed by atoms with van der Waals surface area (Å²) in [4.78, 5) is 0. The lowest BCUT2D eigenvalue weighted by atomic mass is 10.2. The molecule has 0 spiro atoms. The van der Waals surface area contributed by atoms with Gasteiger partial charge in [-0.3, -0.25) is 0 Å². The zero-order valence-corrected chi connectivity index (χ0v) is 7.37. The maximum atomic E-state index is 12.7. The van der Waals surface area contributed by atoms with Gasteiger partial charge in [-0.05, 0) is 18.2 Å². The Labute approximate surface area is 80.7 Å². The smallest absolute Gasteiger partial charge is 0.145 e. The standard InChI is InChI=1S/C10H8FNO2/c11-8-1-2-10(7(3-8)4-12)14-9-5-13-6-9/h1-3,9H,5-6H2. The number of rotatable bonds is 2. The molecule has 1 heterocycles. The minimum absolute atomic E-state index is 0.00689. The highest BCUT2D eigenvalue weighted by Crippen LogP contribution is 2.21. The van der Waals surface area contributed by atoms with Gasteiger partial charge in [-0.1, -0.05) is 0 Å². The second-order valence-corrected chi connectivity index (χ2v) is 3.03. The fourth-order valence-corrected chi connectivity index (χ4v) is 1.15. The third-order valence-electron chi connectivity index (χ3n) is 1.96. The van der Waals surface area contributed by atoms with Crippen LogP contribution in [0.15, 0.2) is 18.2 Å². The number of hydrogen-bond donors (Lipinski definition) is 0. The summed E-state index contributed by atoms with van der Waals surface area (Å²) in [6.07, 6.45) is -0.00689. The van der Waals surface area contributed by atoms with Crippen LogP contribution in [0.1, 0.15) is 5.56 Å². The summed E-state index contributed by atoms with van der Waals surface area (Å²) < 4.78 is 23.1. The summed E-state index contributed by atoms with van der Waals surface area (Å²) in [5, 5.41) is 8.72. The van der Waals surface area contributed by atoms with Crippen molar-refractivity contribution in [2.75, 3.05) is 13.2 Å². The van der Waals surface area contributed by atoms with E-state index >= 15 is 0 Å². The largest absolute Gasteiger partial charge is 0.484 e. The van der Waals surface area contributed by atoms with Crippen molar-refractivity contribution in [3.8, 4) is 11.8 Å². The molecule has 1 aliphatic heterocycles. The van der Waals surface area contributed by atoms with Crippen molar-refractivity contribution in [2.45, 2.75) is 6.10 Å². The average molecular weight is 193 g/mol. The maximum absolute atomic E-state index is 12.7. The van der Waals surface area contributed by atoms with Crippen molar-refractivity contribution >= 4 is 0 Å². The quantitative estimate of drug-likeness (QED) is 0.714. The second kappa shape index (κ2) is 3.64. The number of nitrogens with zero attached hydrogens (tertiary/aromatic N) is 1. The molecule has 2 rings (SSSR count). The summed E-state index contributed by atoms with van der Waals surface area (Å²) in [5.41, 5.74) is 0.219. The van der Waals surface area contributed by atoms with Gasteiger partial charge in [0.2, 0.25) is 0 Å². The Morgan fingerprint density at radius 2 is 2.29 bits per heavy atom. The van der Waals surface area contributed by atoms with Gasteiger partial charge in [0.25, 0.3) is 0 Å². The van der Waals surface area contributed by atoms with Crippen LogP contribution in [0.2, 0.25) is 0 Å². The van der Waals surface area contributed by atoms with Crippen molar-refractivity contribution in [1.29, 1.82) is 5.26 Å². The molecule has 0 atom stereocenters. The summed E-state index contributed by atoms with van der Waals surface area (Å²) >= 11 is 0. The van der Waals surface area contributed by atoms with Gasteiger partial charge < -0.3 is 9.47 Å². The molecular formula is C10H8FNO2. The number of ether oxygens (including phenoxy) is 2. The molecule has 0 unspecified atom stereocenters. The number of halogens is 1. The lowest BCUT2D eigenvalue weighted by molar-refractivity contribution is -0.0798. The molecule has 1 aliphatic rings. The second-order valence-electron chi connectivity index (χ2n) is 3.03. The van der Waals surface area contributed by atoms with Gasteiger partial charge in [0, 0.05) is 0 Å². The van der Waals surface area contributed by atoms with E-state index in [9.17, 15) is 4.39 Å². The molecule has 0 N–H and O–H groups in total. The Morgan fingerprint density at radius 3 is 2.86 bits per heavy atom. The number of benzene rings is 1. The fraction of sp³-hybridized carbons (Fsp3) is 0.300. The van der Waals surface area contributed by atoms with E-state index in [-0.39, 0.29) is 11.7 Å². The van der Waals surface area contributed by atoms with Gasteiger partial charge in [-0.25, -0.2) is 4.39 Å². The predicted molar refractivity (Wildman–Crippen MR) is 46.4 cm³/mol. The molecule has 0 saturated carbocycles. The summed E-state index contributed by atoms with van der Waals surface area (Å²) in [5.74, 6) is -0.0130. The highest BCUT2D eigenvalue weighted by molar-refractivity contribution is 5.43. The molecule has 1 aromatic rings.